The Morgan fingerprint density at radius 1 is 0.640 bits per heavy atom. The fourth-order valence-electron chi connectivity index (χ4n) is 7.89. The van der Waals surface area contributed by atoms with Crippen molar-refractivity contribution < 1.29 is 66.6 Å². The van der Waals surface area contributed by atoms with Crippen molar-refractivity contribution in [1.29, 1.82) is 0 Å². The van der Waals surface area contributed by atoms with E-state index in [9.17, 15) is 38.4 Å². The molecule has 75 heavy (non-hydrogen) atoms. The van der Waals surface area contributed by atoms with Crippen molar-refractivity contribution in [2.75, 3.05) is 13.3 Å². The Kier molecular flexibility index (Phi) is 23.6. The van der Waals surface area contributed by atoms with Crippen LogP contribution in [0.4, 0.5) is 0 Å². The van der Waals surface area contributed by atoms with E-state index in [0.29, 0.717) is 55.2 Å². The highest BCUT2D eigenvalue weighted by Crippen LogP contribution is 2.30. The fourth-order valence-corrected chi connectivity index (χ4v) is 7.89. The quantitative estimate of drug-likeness (QED) is 0.00949. The molecule has 3 atom stereocenters. The van der Waals surface area contributed by atoms with Gasteiger partial charge in [0, 0.05) is 5.56 Å². The molecule has 0 aliphatic heterocycles. The fraction of sp³-hybridized carbons (Fsp3) is 0.368. The number of carbonyl (C=O) groups is 8. The Labute approximate surface area is 436 Å². The number of carbonyl (C=O) groups excluding carboxylic acids is 8. The van der Waals surface area contributed by atoms with Gasteiger partial charge in [-0.2, -0.15) is 5.06 Å². The second kappa shape index (κ2) is 30.7. The minimum Gasteiger partial charge on any atom is -0.481 e. The zero-order chi connectivity index (χ0) is 54.0. The first-order valence-electron chi connectivity index (χ1n) is 25.2. The Hall–Kier alpha value is -8.28. The van der Waals surface area contributed by atoms with Crippen molar-refractivity contribution in [2.45, 2.75) is 111 Å². The molecule has 0 saturated heterocycles. The zero-order valence-corrected chi connectivity index (χ0v) is 42.8. The van der Waals surface area contributed by atoms with Crippen molar-refractivity contribution in [1.82, 2.24) is 21.0 Å². The normalized spacial score (nSPS) is 12.0. The Balaban J connectivity index is 1.32. The lowest BCUT2D eigenvalue weighted by molar-refractivity contribution is -0.208. The van der Waals surface area contributed by atoms with Gasteiger partial charge in [-0.15, -0.1) is 0 Å². The van der Waals surface area contributed by atoms with E-state index in [2.05, 4.69) is 16.0 Å². The number of rotatable bonds is 31. The van der Waals surface area contributed by atoms with E-state index in [1.54, 1.807) is 85.8 Å². The number of hydrogen-bond donors (Lipinski definition) is 3. The lowest BCUT2D eigenvalue weighted by atomic mass is 9.90. The predicted octanol–water partition coefficient (Wildman–Crippen LogP) is 8.18. The molecule has 0 aliphatic rings. The maximum absolute atomic E-state index is 14.1. The summed E-state index contributed by atoms with van der Waals surface area (Å²) < 4.78 is 28.2. The third-order valence-electron chi connectivity index (χ3n) is 12.2. The molecular formula is C57H66N4O14. The van der Waals surface area contributed by atoms with E-state index in [1.165, 1.54) is 30.3 Å². The molecule has 1 heterocycles. The minimum absolute atomic E-state index is 0.0439. The highest BCUT2D eigenvalue weighted by atomic mass is 16.7. The summed E-state index contributed by atoms with van der Waals surface area (Å²) in [5.74, 6) is -6.34. The molecule has 398 valence electrons. The Morgan fingerprint density at radius 3 is 1.81 bits per heavy atom. The third kappa shape index (κ3) is 18.3. The number of amides is 4. The topological polar surface area (TPSA) is 235 Å². The summed E-state index contributed by atoms with van der Waals surface area (Å²) in [6.45, 7) is 6.30. The average Bonchev–Trinajstić information content (AvgIpc) is 3.94. The van der Waals surface area contributed by atoms with Crippen LogP contribution in [0.25, 0.3) is 11.3 Å². The minimum atomic E-state index is -1.52. The molecule has 0 bridgehead atoms. The average molecular weight is 1030 g/mol. The first kappa shape index (κ1) is 57.6. The van der Waals surface area contributed by atoms with Crippen molar-refractivity contribution in [3.05, 3.63) is 149 Å². The SMILES string of the molecule is CCCCC[C@@H](C(=O)NCNC(=O)c1ccc(-c2ccc(C(=O)N[C@@H](CC(=O)OCc3ccccc3)C(=O)OCc3ccccc3)c(OCC(=O)OCc3ccccc3)c2)o1)[C@@H](CC)N(C=O)OC(=O)C(CC)CC. The van der Waals surface area contributed by atoms with Crippen molar-refractivity contribution in [3.8, 4) is 17.1 Å². The molecule has 3 N–H and O–H groups in total. The molecule has 0 spiro atoms. The van der Waals surface area contributed by atoms with Crippen LogP contribution in [-0.4, -0.2) is 78.4 Å². The molecule has 0 fully saturated rings. The molecular weight excluding hydrogens is 965 g/mol. The van der Waals surface area contributed by atoms with Gasteiger partial charge in [-0.3, -0.25) is 24.0 Å². The van der Waals surface area contributed by atoms with Gasteiger partial charge in [-0.05, 0) is 66.6 Å². The molecule has 5 rings (SSSR count). The standard InChI is InChI=1S/C57H66N4O14/c1-5-9-13-26-44(47(8-4)61(38-62)75-56(68)42(6-2)7-3)53(65)58-37-59-55(67)49-30-29-48(74-49)43-27-28-45(50(31-43)70-36-52(64)72-34-40-22-16-11-17-23-40)54(66)60-46(57(69)73-35-41-24-18-12-19-25-41)32-51(63)71-33-39-20-14-10-15-21-39/h10-12,14-25,27-31,38,42,44,46-47H,5-9,13,26,32-37H2,1-4H3,(H,58,65)(H,59,67)(H,60,66)/t44-,46+,47-/m1/s1. The van der Waals surface area contributed by atoms with Gasteiger partial charge in [0.25, 0.3) is 11.8 Å². The van der Waals surface area contributed by atoms with Gasteiger partial charge in [0.05, 0.1) is 36.5 Å². The number of ether oxygens (including phenoxy) is 4. The van der Waals surface area contributed by atoms with Crippen LogP contribution in [-0.2, 0) is 67.6 Å². The van der Waals surface area contributed by atoms with Gasteiger partial charge in [0.15, 0.2) is 12.4 Å². The largest absolute Gasteiger partial charge is 0.481 e. The highest BCUT2D eigenvalue weighted by Gasteiger charge is 2.35. The van der Waals surface area contributed by atoms with E-state index in [0.717, 1.165) is 23.5 Å². The number of nitrogens with one attached hydrogen (secondary N) is 3. The van der Waals surface area contributed by atoms with Gasteiger partial charge in [0.2, 0.25) is 12.3 Å². The maximum Gasteiger partial charge on any atom is 0.344 e. The summed E-state index contributed by atoms with van der Waals surface area (Å²) in [4.78, 5) is 112. The number of nitrogens with zero attached hydrogens (tertiary/aromatic N) is 1. The van der Waals surface area contributed by atoms with Gasteiger partial charge >= 0.3 is 23.9 Å². The number of hydroxylamine groups is 2. The predicted molar refractivity (Wildman–Crippen MR) is 274 cm³/mol. The summed E-state index contributed by atoms with van der Waals surface area (Å²) in [6.07, 6.45) is 3.99. The summed E-state index contributed by atoms with van der Waals surface area (Å²) >= 11 is 0. The molecule has 5 aromatic rings. The number of furan rings is 1. The molecule has 0 aliphatic carbocycles. The first-order valence-corrected chi connectivity index (χ1v) is 25.2. The van der Waals surface area contributed by atoms with Crippen LogP contribution in [0.15, 0.2) is 126 Å². The maximum atomic E-state index is 14.1. The van der Waals surface area contributed by atoms with Gasteiger partial charge in [0.1, 0.15) is 37.4 Å². The van der Waals surface area contributed by atoms with E-state index in [4.69, 9.17) is 28.2 Å². The van der Waals surface area contributed by atoms with Crippen LogP contribution in [0.5, 0.6) is 5.75 Å². The molecule has 18 heteroatoms. The number of benzene rings is 4. The van der Waals surface area contributed by atoms with Crippen LogP contribution < -0.4 is 20.7 Å². The van der Waals surface area contributed by atoms with E-state index in [1.807, 2.05) is 32.9 Å². The molecule has 0 saturated carbocycles. The molecule has 0 radical (unpaired) electrons. The van der Waals surface area contributed by atoms with Crippen molar-refractivity contribution in [2.24, 2.45) is 11.8 Å². The van der Waals surface area contributed by atoms with E-state index < -0.39 is 78.5 Å². The van der Waals surface area contributed by atoms with E-state index in [-0.39, 0.29) is 49.3 Å². The lowest BCUT2D eigenvalue weighted by Crippen LogP contribution is -2.49. The third-order valence-corrected chi connectivity index (χ3v) is 12.2. The van der Waals surface area contributed by atoms with Crippen LogP contribution in [0.1, 0.15) is 117 Å². The molecule has 18 nitrogen and oxygen atoms in total. The van der Waals surface area contributed by atoms with Crippen molar-refractivity contribution >= 4 is 48.0 Å². The smallest absolute Gasteiger partial charge is 0.344 e. The van der Waals surface area contributed by atoms with Crippen LogP contribution in [0.3, 0.4) is 0 Å². The lowest BCUT2D eigenvalue weighted by Gasteiger charge is -2.32. The number of unbranched alkanes of at least 4 members (excludes halogenated alkanes) is 2. The summed E-state index contributed by atoms with van der Waals surface area (Å²) in [5, 5.41) is 8.84. The number of hydrogen-bond acceptors (Lipinski definition) is 14. The monoisotopic (exact) mass is 1030 g/mol. The molecule has 4 amide bonds. The second-order valence-corrected chi connectivity index (χ2v) is 17.5. The van der Waals surface area contributed by atoms with E-state index >= 15 is 0 Å². The molecule has 4 aromatic carbocycles. The summed E-state index contributed by atoms with van der Waals surface area (Å²) in [5.41, 5.74) is 2.27. The summed E-state index contributed by atoms with van der Waals surface area (Å²) in [7, 11) is 0. The van der Waals surface area contributed by atoms with Gasteiger partial charge < -0.3 is 44.2 Å². The van der Waals surface area contributed by atoms with Crippen LogP contribution >= 0.6 is 0 Å². The van der Waals surface area contributed by atoms with Gasteiger partial charge in [-0.25, -0.2) is 14.4 Å². The second-order valence-electron chi connectivity index (χ2n) is 17.5. The highest BCUT2D eigenvalue weighted by molar-refractivity contribution is 6.00. The summed E-state index contributed by atoms with van der Waals surface area (Å²) in [6, 6.07) is 31.6. The number of esters is 3. The van der Waals surface area contributed by atoms with Crippen molar-refractivity contribution in [3.63, 3.8) is 0 Å². The first-order chi connectivity index (χ1) is 36.4. The Morgan fingerprint density at radius 2 is 1.24 bits per heavy atom. The van der Waals surface area contributed by atoms with Crippen LogP contribution in [0, 0.1) is 11.8 Å². The Bertz CT molecular complexity index is 2640. The molecule has 0 unspecified atom stereocenters. The van der Waals surface area contributed by atoms with Crippen LogP contribution in [0.2, 0.25) is 0 Å². The van der Waals surface area contributed by atoms with Gasteiger partial charge in [-0.1, -0.05) is 144 Å². The zero-order valence-electron chi connectivity index (χ0n) is 42.8. The molecule has 1 aromatic heterocycles.